The summed E-state index contributed by atoms with van der Waals surface area (Å²) in [5.74, 6) is 3.61. The summed E-state index contributed by atoms with van der Waals surface area (Å²) >= 11 is 9.48. The fourth-order valence-corrected chi connectivity index (χ4v) is 4.03. The van der Waals surface area contributed by atoms with Crippen molar-refractivity contribution in [3.05, 3.63) is 69.2 Å². The lowest BCUT2D eigenvalue weighted by molar-refractivity contribution is -0.404. The Hall–Kier alpha value is -1.91. The molecule has 0 saturated carbocycles. The van der Waals surface area contributed by atoms with E-state index in [1.807, 2.05) is 12.1 Å². The summed E-state index contributed by atoms with van der Waals surface area (Å²) in [6.07, 6.45) is 5.11. The second-order valence-electron chi connectivity index (χ2n) is 5.56. The minimum absolute atomic E-state index is 0.419. The Labute approximate surface area is 177 Å². The van der Waals surface area contributed by atoms with Gasteiger partial charge in [-0.2, -0.15) is 23.5 Å². The van der Waals surface area contributed by atoms with Crippen molar-refractivity contribution in [2.75, 3.05) is 24.6 Å². The number of hydrogen-bond donors (Lipinski definition) is 2. The topological polar surface area (TPSA) is 106 Å². The molecule has 0 unspecified atom stereocenters. The van der Waals surface area contributed by atoms with Crippen molar-refractivity contribution in [2.45, 2.75) is 17.9 Å². The number of halogens is 1. The molecule has 2 aromatic heterocycles. The molecule has 0 saturated heterocycles. The van der Waals surface area contributed by atoms with Crippen molar-refractivity contribution in [1.29, 1.82) is 0 Å². The molecule has 2 aromatic rings. The number of nitro groups is 1. The normalized spacial score (nSPS) is 11.4. The zero-order valence-corrected chi connectivity index (χ0v) is 17.6. The molecule has 0 aromatic carbocycles. The van der Waals surface area contributed by atoms with Crippen LogP contribution in [-0.2, 0) is 11.5 Å². The lowest BCUT2D eigenvalue weighted by Crippen LogP contribution is -2.29. The van der Waals surface area contributed by atoms with E-state index in [0.29, 0.717) is 29.7 Å². The first-order valence-electron chi connectivity index (χ1n) is 8.62. The summed E-state index contributed by atoms with van der Waals surface area (Å²) in [6, 6.07) is 5.45. The lowest BCUT2D eigenvalue weighted by atomic mass is 10.4. The smallest absolute Gasteiger partial charge is 0.274 e. The third-order valence-electron chi connectivity index (χ3n) is 3.39. The fourth-order valence-electron chi connectivity index (χ4n) is 2.10. The van der Waals surface area contributed by atoms with Crippen LogP contribution in [0.3, 0.4) is 0 Å². The first-order chi connectivity index (χ1) is 13.6. The molecular weight excluding hydrogens is 422 g/mol. The SMILES string of the molecule is O=[N+]([O-])/C=C(\NCCCSCc1ccon1)NCCSCc1ncccc1Cl. The van der Waals surface area contributed by atoms with Gasteiger partial charge in [0.25, 0.3) is 6.20 Å². The second-order valence-corrected chi connectivity index (χ2v) is 8.18. The van der Waals surface area contributed by atoms with Gasteiger partial charge in [-0.3, -0.25) is 15.1 Å². The van der Waals surface area contributed by atoms with E-state index >= 15 is 0 Å². The Morgan fingerprint density at radius 1 is 1.25 bits per heavy atom. The van der Waals surface area contributed by atoms with Gasteiger partial charge in [0.15, 0.2) is 5.82 Å². The molecule has 0 bridgehead atoms. The monoisotopic (exact) mass is 443 g/mol. The number of aromatic nitrogens is 2. The number of pyridine rings is 1. The van der Waals surface area contributed by atoms with Crippen molar-refractivity contribution in [2.24, 2.45) is 0 Å². The van der Waals surface area contributed by atoms with Gasteiger partial charge in [-0.05, 0) is 24.3 Å². The van der Waals surface area contributed by atoms with Crippen molar-refractivity contribution in [3.8, 4) is 0 Å². The number of nitrogens with one attached hydrogen (secondary N) is 2. The molecular formula is C17H22ClN5O3S2. The third-order valence-corrected chi connectivity index (χ3v) is 5.78. The van der Waals surface area contributed by atoms with Crippen LogP contribution >= 0.6 is 35.1 Å². The van der Waals surface area contributed by atoms with Gasteiger partial charge >= 0.3 is 0 Å². The maximum absolute atomic E-state index is 10.8. The first-order valence-corrected chi connectivity index (χ1v) is 11.3. The Morgan fingerprint density at radius 2 is 2.07 bits per heavy atom. The highest BCUT2D eigenvalue weighted by molar-refractivity contribution is 7.98. The molecule has 8 nitrogen and oxygen atoms in total. The molecule has 2 heterocycles. The average molecular weight is 444 g/mol. The molecule has 2 rings (SSSR count). The maximum atomic E-state index is 10.8. The zero-order valence-electron chi connectivity index (χ0n) is 15.2. The van der Waals surface area contributed by atoms with Crippen LogP contribution in [0.1, 0.15) is 17.8 Å². The van der Waals surface area contributed by atoms with E-state index in [9.17, 15) is 10.1 Å². The van der Waals surface area contributed by atoms with Crippen molar-refractivity contribution >= 4 is 35.1 Å². The van der Waals surface area contributed by atoms with E-state index in [0.717, 1.165) is 41.3 Å². The third kappa shape index (κ3) is 9.34. The summed E-state index contributed by atoms with van der Waals surface area (Å²) in [5.41, 5.74) is 1.76. The van der Waals surface area contributed by atoms with Gasteiger partial charge < -0.3 is 15.2 Å². The molecule has 0 spiro atoms. The molecule has 11 heteroatoms. The summed E-state index contributed by atoms with van der Waals surface area (Å²) in [7, 11) is 0. The minimum atomic E-state index is -0.463. The minimum Gasteiger partial charge on any atom is -0.367 e. The predicted octanol–water partition coefficient (Wildman–Crippen LogP) is 3.53. The molecule has 0 amide bonds. The van der Waals surface area contributed by atoms with Crippen LogP contribution in [0.2, 0.25) is 5.02 Å². The summed E-state index contributed by atoms with van der Waals surface area (Å²) in [5, 5.41) is 21.4. The van der Waals surface area contributed by atoms with Gasteiger partial charge in [0.2, 0.25) is 0 Å². The standard InChI is InChI=1S/C17H22ClN5O3S2/c18-15-3-1-5-19-16(15)13-28-10-7-21-17(11-23(24)25)20-6-2-9-27-12-14-4-8-26-22-14/h1,3-5,8,11,20-21H,2,6-7,9-10,12-13H2/b17-11+. The fraction of sp³-hybridized carbons (Fsp3) is 0.412. The number of nitrogens with zero attached hydrogens (tertiary/aromatic N) is 3. The van der Waals surface area contributed by atoms with E-state index in [2.05, 4.69) is 20.8 Å². The van der Waals surface area contributed by atoms with Crippen LogP contribution in [0.25, 0.3) is 0 Å². The van der Waals surface area contributed by atoms with Crippen LogP contribution in [-0.4, -0.2) is 39.7 Å². The van der Waals surface area contributed by atoms with Crippen LogP contribution < -0.4 is 10.6 Å². The second kappa shape index (κ2) is 13.3. The van der Waals surface area contributed by atoms with Gasteiger partial charge in [-0.15, -0.1) is 0 Å². The lowest BCUT2D eigenvalue weighted by Gasteiger charge is -2.11. The number of thioether (sulfide) groups is 2. The molecule has 0 aliphatic heterocycles. The van der Waals surface area contributed by atoms with E-state index in [1.54, 1.807) is 42.1 Å². The Morgan fingerprint density at radius 3 is 2.82 bits per heavy atom. The van der Waals surface area contributed by atoms with Crippen LogP contribution in [0.5, 0.6) is 0 Å². The predicted molar refractivity (Wildman–Crippen MR) is 114 cm³/mol. The van der Waals surface area contributed by atoms with Crippen molar-refractivity contribution in [1.82, 2.24) is 20.8 Å². The molecule has 0 aliphatic carbocycles. The average Bonchev–Trinajstić information content (AvgIpc) is 3.18. The zero-order chi connectivity index (χ0) is 20.0. The molecule has 28 heavy (non-hydrogen) atoms. The van der Waals surface area contributed by atoms with Gasteiger partial charge in [0.1, 0.15) is 6.26 Å². The summed E-state index contributed by atoms with van der Waals surface area (Å²) in [4.78, 5) is 14.6. The highest BCUT2D eigenvalue weighted by atomic mass is 35.5. The molecule has 0 atom stereocenters. The number of rotatable bonds is 14. The van der Waals surface area contributed by atoms with E-state index in [1.165, 1.54) is 0 Å². The highest BCUT2D eigenvalue weighted by Crippen LogP contribution is 2.18. The first kappa shape index (κ1) is 22.4. The van der Waals surface area contributed by atoms with Gasteiger partial charge in [-0.1, -0.05) is 16.8 Å². The Bertz CT molecular complexity index is 746. The number of hydrogen-bond acceptors (Lipinski definition) is 9. The molecule has 0 radical (unpaired) electrons. The summed E-state index contributed by atoms with van der Waals surface area (Å²) in [6.45, 7) is 1.25. The van der Waals surface area contributed by atoms with E-state index in [4.69, 9.17) is 16.1 Å². The Kier molecular flexibility index (Phi) is 10.6. The Balaban J connectivity index is 1.59. The molecule has 0 fully saturated rings. The van der Waals surface area contributed by atoms with Crippen LogP contribution in [0.4, 0.5) is 0 Å². The van der Waals surface area contributed by atoms with E-state index < -0.39 is 4.92 Å². The molecule has 152 valence electrons. The van der Waals surface area contributed by atoms with Gasteiger partial charge in [0, 0.05) is 42.6 Å². The molecule has 0 aliphatic rings. The van der Waals surface area contributed by atoms with Gasteiger partial charge in [0.05, 0.1) is 21.3 Å². The highest BCUT2D eigenvalue weighted by Gasteiger charge is 2.04. The summed E-state index contributed by atoms with van der Waals surface area (Å²) < 4.78 is 4.78. The van der Waals surface area contributed by atoms with Crippen molar-refractivity contribution < 1.29 is 9.45 Å². The maximum Gasteiger partial charge on any atom is 0.274 e. The van der Waals surface area contributed by atoms with Crippen LogP contribution in [0.15, 0.2) is 47.2 Å². The van der Waals surface area contributed by atoms with Gasteiger partial charge in [-0.25, -0.2) is 0 Å². The van der Waals surface area contributed by atoms with E-state index in [-0.39, 0.29) is 0 Å². The quantitative estimate of drug-likeness (QED) is 0.257. The van der Waals surface area contributed by atoms with Crippen LogP contribution in [0, 0.1) is 10.1 Å². The largest absolute Gasteiger partial charge is 0.367 e. The molecule has 2 N–H and O–H groups in total. The van der Waals surface area contributed by atoms with Crippen molar-refractivity contribution in [3.63, 3.8) is 0 Å².